The molecule has 0 amide bonds. The molecule has 0 aromatic rings. The highest BCUT2D eigenvalue weighted by molar-refractivity contribution is 7.99. The van der Waals surface area contributed by atoms with Crippen molar-refractivity contribution in [3.8, 4) is 0 Å². The number of nitrogens with one attached hydrogen (secondary N) is 1. The van der Waals surface area contributed by atoms with Gasteiger partial charge in [-0.2, -0.15) is 11.8 Å². The minimum Gasteiger partial charge on any atom is -0.372 e. The van der Waals surface area contributed by atoms with Gasteiger partial charge >= 0.3 is 0 Å². The number of morpholine rings is 1. The van der Waals surface area contributed by atoms with Crippen LogP contribution in [0.3, 0.4) is 0 Å². The minimum atomic E-state index is 0.217. The van der Waals surface area contributed by atoms with E-state index in [0.29, 0.717) is 6.04 Å². The topological polar surface area (TPSA) is 21.3 Å². The van der Waals surface area contributed by atoms with Gasteiger partial charge in [-0.25, -0.2) is 0 Å². The summed E-state index contributed by atoms with van der Waals surface area (Å²) in [5, 5.41) is 3.75. The van der Waals surface area contributed by atoms with Crippen molar-refractivity contribution in [3.63, 3.8) is 0 Å². The quantitative estimate of drug-likeness (QED) is 0.741. The second kappa shape index (κ2) is 4.27. The van der Waals surface area contributed by atoms with E-state index in [2.05, 4.69) is 17.1 Å². The standard InChI is InChI=1S/C12H21NOS/c1-2-10(3-1)11-12(14-7-6-13-11)4-8-15-9-5-12/h10-11,13H,1-9H2. The second-order valence-corrected chi connectivity index (χ2v) is 6.37. The van der Waals surface area contributed by atoms with Gasteiger partial charge in [0.25, 0.3) is 0 Å². The Morgan fingerprint density at radius 2 is 2.00 bits per heavy atom. The highest BCUT2D eigenvalue weighted by atomic mass is 32.2. The zero-order valence-electron chi connectivity index (χ0n) is 9.34. The molecule has 0 bridgehead atoms. The van der Waals surface area contributed by atoms with E-state index in [1.54, 1.807) is 0 Å². The fourth-order valence-electron chi connectivity index (χ4n) is 3.29. The number of ether oxygens (including phenoxy) is 1. The predicted octanol–water partition coefficient (Wildman–Crippen LogP) is 2.04. The van der Waals surface area contributed by atoms with Crippen LogP contribution in [-0.2, 0) is 4.74 Å². The van der Waals surface area contributed by atoms with Crippen LogP contribution in [0.5, 0.6) is 0 Å². The van der Waals surface area contributed by atoms with Crippen molar-refractivity contribution in [2.45, 2.75) is 43.7 Å². The van der Waals surface area contributed by atoms with Gasteiger partial charge in [0.05, 0.1) is 12.2 Å². The fourth-order valence-corrected chi connectivity index (χ4v) is 4.47. The van der Waals surface area contributed by atoms with Crippen LogP contribution in [0.4, 0.5) is 0 Å². The summed E-state index contributed by atoms with van der Waals surface area (Å²) in [6.07, 6.45) is 6.83. The molecular formula is C12H21NOS. The molecule has 15 heavy (non-hydrogen) atoms. The first-order chi connectivity index (χ1) is 7.41. The Morgan fingerprint density at radius 1 is 1.20 bits per heavy atom. The lowest BCUT2D eigenvalue weighted by molar-refractivity contribution is -0.123. The summed E-state index contributed by atoms with van der Waals surface area (Å²) in [5.74, 6) is 3.50. The van der Waals surface area contributed by atoms with Crippen LogP contribution >= 0.6 is 11.8 Å². The average molecular weight is 227 g/mol. The third-order valence-electron chi connectivity index (χ3n) is 4.38. The molecule has 0 aromatic carbocycles. The molecule has 1 aliphatic carbocycles. The van der Waals surface area contributed by atoms with Gasteiger partial charge in [-0.3, -0.25) is 0 Å². The zero-order chi connectivity index (χ0) is 10.1. The van der Waals surface area contributed by atoms with Crippen LogP contribution in [0.15, 0.2) is 0 Å². The molecule has 2 heterocycles. The summed E-state index contributed by atoms with van der Waals surface area (Å²) in [6, 6.07) is 0.667. The largest absolute Gasteiger partial charge is 0.372 e. The molecule has 2 aliphatic heterocycles. The van der Waals surface area contributed by atoms with E-state index in [4.69, 9.17) is 4.74 Å². The summed E-state index contributed by atoms with van der Waals surface area (Å²) in [4.78, 5) is 0. The van der Waals surface area contributed by atoms with Crippen molar-refractivity contribution in [1.29, 1.82) is 0 Å². The van der Waals surface area contributed by atoms with Crippen LogP contribution in [-0.4, -0.2) is 36.3 Å². The van der Waals surface area contributed by atoms with E-state index in [0.717, 1.165) is 19.1 Å². The second-order valence-electron chi connectivity index (χ2n) is 5.15. The molecular weight excluding hydrogens is 206 g/mol. The van der Waals surface area contributed by atoms with E-state index >= 15 is 0 Å². The maximum absolute atomic E-state index is 6.20. The molecule has 1 unspecified atom stereocenters. The number of hydrogen-bond acceptors (Lipinski definition) is 3. The van der Waals surface area contributed by atoms with E-state index in [9.17, 15) is 0 Å². The van der Waals surface area contributed by atoms with E-state index in [1.807, 2.05) is 0 Å². The average Bonchev–Trinajstić information content (AvgIpc) is 2.20. The number of thioether (sulfide) groups is 1. The molecule has 1 N–H and O–H groups in total. The molecule has 1 atom stereocenters. The lowest BCUT2D eigenvalue weighted by atomic mass is 9.70. The zero-order valence-corrected chi connectivity index (χ0v) is 10.2. The Kier molecular flexibility index (Phi) is 2.97. The van der Waals surface area contributed by atoms with Crippen molar-refractivity contribution in [3.05, 3.63) is 0 Å². The Hall–Kier alpha value is 0.270. The Morgan fingerprint density at radius 3 is 2.67 bits per heavy atom. The summed E-state index contributed by atoms with van der Waals surface area (Å²) in [5.41, 5.74) is 0.217. The third kappa shape index (κ3) is 1.83. The van der Waals surface area contributed by atoms with Crippen LogP contribution in [0.1, 0.15) is 32.1 Å². The maximum Gasteiger partial charge on any atom is 0.0853 e. The molecule has 1 saturated carbocycles. The summed E-state index contributed by atoms with van der Waals surface area (Å²) >= 11 is 2.09. The van der Waals surface area contributed by atoms with Gasteiger partial charge in [-0.1, -0.05) is 6.42 Å². The smallest absolute Gasteiger partial charge is 0.0853 e. The molecule has 2 nitrogen and oxygen atoms in total. The first-order valence-electron chi connectivity index (χ1n) is 6.36. The first-order valence-corrected chi connectivity index (χ1v) is 7.51. The van der Waals surface area contributed by atoms with Crippen molar-refractivity contribution in [1.82, 2.24) is 5.32 Å². The van der Waals surface area contributed by atoms with Gasteiger partial charge in [0.15, 0.2) is 0 Å². The van der Waals surface area contributed by atoms with E-state index in [1.165, 1.54) is 43.6 Å². The summed E-state index contributed by atoms with van der Waals surface area (Å²) < 4.78 is 6.20. The van der Waals surface area contributed by atoms with Crippen molar-refractivity contribution in [2.24, 2.45) is 5.92 Å². The van der Waals surface area contributed by atoms with Crippen LogP contribution in [0.25, 0.3) is 0 Å². The van der Waals surface area contributed by atoms with Crippen LogP contribution in [0, 0.1) is 5.92 Å². The van der Waals surface area contributed by atoms with E-state index in [-0.39, 0.29) is 5.60 Å². The Bertz CT molecular complexity index is 215. The molecule has 0 aromatic heterocycles. The lowest BCUT2D eigenvalue weighted by Gasteiger charge is -2.51. The molecule has 3 heteroatoms. The predicted molar refractivity (Wildman–Crippen MR) is 64.4 cm³/mol. The van der Waals surface area contributed by atoms with E-state index < -0.39 is 0 Å². The normalized spacial score (nSPS) is 36.4. The highest BCUT2D eigenvalue weighted by Crippen LogP contribution is 2.42. The van der Waals surface area contributed by atoms with Gasteiger partial charge in [0.2, 0.25) is 0 Å². The molecule has 3 fully saturated rings. The minimum absolute atomic E-state index is 0.217. The number of hydrogen-bond donors (Lipinski definition) is 1. The first kappa shape index (κ1) is 10.4. The van der Waals surface area contributed by atoms with Crippen LogP contribution in [0.2, 0.25) is 0 Å². The monoisotopic (exact) mass is 227 g/mol. The van der Waals surface area contributed by atoms with Gasteiger partial charge in [0, 0.05) is 12.6 Å². The summed E-state index contributed by atoms with van der Waals surface area (Å²) in [7, 11) is 0. The number of rotatable bonds is 1. The maximum atomic E-state index is 6.20. The third-order valence-corrected chi connectivity index (χ3v) is 5.37. The Balaban J connectivity index is 1.75. The highest BCUT2D eigenvalue weighted by Gasteiger charge is 2.47. The van der Waals surface area contributed by atoms with Crippen molar-refractivity contribution in [2.75, 3.05) is 24.7 Å². The molecule has 0 radical (unpaired) electrons. The summed E-state index contributed by atoms with van der Waals surface area (Å²) in [6.45, 7) is 1.99. The lowest BCUT2D eigenvalue weighted by Crippen LogP contribution is -2.63. The SMILES string of the molecule is C1CC(C2NCCOC23CCSCC3)C1. The molecule has 3 rings (SSSR count). The van der Waals surface area contributed by atoms with Crippen molar-refractivity contribution >= 4 is 11.8 Å². The van der Waals surface area contributed by atoms with Gasteiger partial charge < -0.3 is 10.1 Å². The van der Waals surface area contributed by atoms with Crippen LogP contribution < -0.4 is 5.32 Å². The van der Waals surface area contributed by atoms with Gasteiger partial charge in [-0.15, -0.1) is 0 Å². The van der Waals surface area contributed by atoms with Gasteiger partial charge in [-0.05, 0) is 43.1 Å². The Labute approximate surface area is 96.5 Å². The molecule has 2 saturated heterocycles. The van der Waals surface area contributed by atoms with Gasteiger partial charge in [0.1, 0.15) is 0 Å². The fraction of sp³-hybridized carbons (Fsp3) is 1.00. The molecule has 1 spiro atoms. The molecule has 3 aliphatic rings. The molecule has 86 valence electrons. The van der Waals surface area contributed by atoms with Crippen molar-refractivity contribution < 1.29 is 4.74 Å².